The summed E-state index contributed by atoms with van der Waals surface area (Å²) >= 11 is 6.01. The molecule has 1 unspecified atom stereocenters. The zero-order valence-corrected chi connectivity index (χ0v) is 18.7. The fourth-order valence-corrected chi connectivity index (χ4v) is 4.23. The van der Waals surface area contributed by atoms with Gasteiger partial charge in [0.1, 0.15) is 18.1 Å². The largest absolute Gasteiger partial charge is 0.496 e. The molecule has 0 aliphatic carbocycles. The van der Waals surface area contributed by atoms with E-state index in [4.69, 9.17) is 25.8 Å². The predicted molar refractivity (Wildman–Crippen MR) is 121 cm³/mol. The molecule has 0 bridgehead atoms. The Bertz CT molecular complexity index is 1010. The van der Waals surface area contributed by atoms with Crippen molar-refractivity contribution in [2.75, 3.05) is 27.3 Å². The number of likely N-dealkylation sites (tertiary alicyclic amines) is 1. The van der Waals surface area contributed by atoms with Crippen LogP contribution in [0.2, 0.25) is 5.02 Å². The molecule has 1 aliphatic rings. The quantitative estimate of drug-likeness (QED) is 0.517. The number of hydrogen-bond acceptors (Lipinski definition) is 5. The van der Waals surface area contributed by atoms with E-state index < -0.39 is 0 Å². The van der Waals surface area contributed by atoms with E-state index >= 15 is 0 Å². The van der Waals surface area contributed by atoms with Gasteiger partial charge in [-0.25, -0.2) is 0 Å². The van der Waals surface area contributed by atoms with Gasteiger partial charge in [-0.3, -0.25) is 10.00 Å². The van der Waals surface area contributed by atoms with E-state index in [1.807, 2.05) is 30.3 Å². The molecule has 2 aromatic carbocycles. The fraction of sp³-hybridized carbons (Fsp3) is 0.375. The maximum absolute atomic E-state index is 6.01. The summed E-state index contributed by atoms with van der Waals surface area (Å²) in [6, 6.07) is 15.8. The molecule has 2 heterocycles. The average Bonchev–Trinajstić information content (AvgIpc) is 3.42. The van der Waals surface area contributed by atoms with Gasteiger partial charge in [0, 0.05) is 36.7 Å². The van der Waals surface area contributed by atoms with Crippen LogP contribution in [0.15, 0.2) is 48.5 Å². The summed E-state index contributed by atoms with van der Waals surface area (Å²) in [6.07, 6.45) is 1.08. The molecule has 1 aromatic heterocycles. The molecule has 164 valence electrons. The van der Waals surface area contributed by atoms with Crippen LogP contribution in [0.25, 0.3) is 0 Å². The second-order valence-electron chi connectivity index (χ2n) is 7.86. The smallest absolute Gasteiger partial charge is 0.130 e. The zero-order valence-electron chi connectivity index (χ0n) is 17.9. The van der Waals surface area contributed by atoms with Crippen LogP contribution < -0.4 is 9.47 Å². The molecule has 1 atom stereocenters. The third-order valence-corrected chi connectivity index (χ3v) is 5.82. The molecule has 4 rings (SSSR count). The first-order chi connectivity index (χ1) is 15.1. The van der Waals surface area contributed by atoms with Crippen LogP contribution in [0.3, 0.4) is 0 Å². The Labute approximate surface area is 188 Å². The number of ether oxygens (including phenoxy) is 3. The normalized spacial score (nSPS) is 16.5. The maximum atomic E-state index is 6.01. The van der Waals surface area contributed by atoms with Crippen molar-refractivity contribution in [1.82, 2.24) is 15.1 Å². The lowest BCUT2D eigenvalue weighted by Gasteiger charge is -2.18. The first-order valence-corrected chi connectivity index (χ1v) is 10.8. The Morgan fingerprint density at radius 2 is 2.03 bits per heavy atom. The standard InChI is InChI=1S/C24H28ClN3O3/c1-29-15-17-6-7-24(30-2)19(10-17)14-28-9-8-18(13-28)23-12-21(26-27-23)16-31-22-5-3-4-20(25)11-22/h3-7,10-12,18H,8-9,13-16H2,1-2H3,(H,26,27). The van der Waals surface area contributed by atoms with E-state index in [2.05, 4.69) is 33.3 Å². The zero-order chi connectivity index (χ0) is 21.6. The molecule has 0 saturated carbocycles. The molecule has 7 heteroatoms. The van der Waals surface area contributed by atoms with Gasteiger partial charge in [0.05, 0.1) is 25.1 Å². The van der Waals surface area contributed by atoms with Crippen molar-refractivity contribution in [3.8, 4) is 11.5 Å². The Morgan fingerprint density at radius 3 is 2.84 bits per heavy atom. The highest BCUT2D eigenvalue weighted by Gasteiger charge is 2.26. The summed E-state index contributed by atoms with van der Waals surface area (Å²) < 4.78 is 16.7. The van der Waals surface area contributed by atoms with E-state index in [1.54, 1.807) is 14.2 Å². The molecule has 1 fully saturated rings. The minimum Gasteiger partial charge on any atom is -0.496 e. The topological polar surface area (TPSA) is 59.6 Å². The third-order valence-electron chi connectivity index (χ3n) is 5.58. The van der Waals surface area contributed by atoms with Crippen molar-refractivity contribution in [2.45, 2.75) is 32.1 Å². The van der Waals surface area contributed by atoms with Gasteiger partial charge in [-0.05, 0) is 54.9 Å². The summed E-state index contributed by atoms with van der Waals surface area (Å²) in [6.45, 7) is 3.90. The number of H-pyrrole nitrogens is 1. The molecule has 0 spiro atoms. The van der Waals surface area contributed by atoms with Crippen LogP contribution in [0, 0.1) is 0 Å². The van der Waals surface area contributed by atoms with Gasteiger partial charge in [-0.2, -0.15) is 5.10 Å². The number of nitrogens with one attached hydrogen (secondary N) is 1. The molecule has 31 heavy (non-hydrogen) atoms. The molecule has 6 nitrogen and oxygen atoms in total. The number of aromatic amines is 1. The number of nitrogens with zero attached hydrogens (tertiary/aromatic N) is 2. The van der Waals surface area contributed by atoms with Crippen molar-refractivity contribution in [3.05, 3.63) is 76.1 Å². The molecular formula is C24H28ClN3O3. The second-order valence-corrected chi connectivity index (χ2v) is 8.30. The number of aromatic nitrogens is 2. The fourth-order valence-electron chi connectivity index (χ4n) is 4.05. The molecule has 3 aromatic rings. The van der Waals surface area contributed by atoms with Crippen molar-refractivity contribution >= 4 is 11.6 Å². The van der Waals surface area contributed by atoms with Gasteiger partial charge in [0.25, 0.3) is 0 Å². The van der Waals surface area contributed by atoms with E-state index in [9.17, 15) is 0 Å². The molecular weight excluding hydrogens is 414 g/mol. The maximum Gasteiger partial charge on any atom is 0.130 e. The van der Waals surface area contributed by atoms with Crippen molar-refractivity contribution in [1.29, 1.82) is 0 Å². The average molecular weight is 442 g/mol. The molecule has 0 radical (unpaired) electrons. The van der Waals surface area contributed by atoms with Gasteiger partial charge in [0.15, 0.2) is 0 Å². The van der Waals surface area contributed by atoms with Crippen LogP contribution >= 0.6 is 11.6 Å². The van der Waals surface area contributed by atoms with Gasteiger partial charge < -0.3 is 14.2 Å². The number of methoxy groups -OCH3 is 2. The minimum absolute atomic E-state index is 0.407. The predicted octanol–water partition coefficient (Wildman–Crippen LogP) is 4.79. The minimum atomic E-state index is 0.407. The van der Waals surface area contributed by atoms with Gasteiger partial charge in [0.2, 0.25) is 0 Å². The molecule has 1 N–H and O–H groups in total. The SMILES string of the molecule is COCc1ccc(OC)c(CN2CCC(c3cc(COc4cccc(Cl)c4)[nH]n3)C2)c1. The van der Waals surface area contributed by atoms with Crippen molar-refractivity contribution in [2.24, 2.45) is 0 Å². The van der Waals surface area contributed by atoms with Crippen LogP contribution in [-0.4, -0.2) is 42.4 Å². The summed E-state index contributed by atoms with van der Waals surface area (Å²) in [7, 11) is 3.44. The van der Waals surface area contributed by atoms with Gasteiger partial charge in [-0.15, -0.1) is 0 Å². The van der Waals surface area contributed by atoms with Crippen molar-refractivity contribution < 1.29 is 14.2 Å². The Hall–Kier alpha value is -2.54. The van der Waals surface area contributed by atoms with Gasteiger partial charge in [-0.1, -0.05) is 23.7 Å². The Kier molecular flexibility index (Phi) is 7.12. The highest BCUT2D eigenvalue weighted by atomic mass is 35.5. The van der Waals surface area contributed by atoms with Crippen LogP contribution in [0.4, 0.5) is 0 Å². The lowest BCUT2D eigenvalue weighted by atomic mass is 10.1. The van der Waals surface area contributed by atoms with E-state index in [0.717, 1.165) is 54.5 Å². The van der Waals surface area contributed by atoms with Crippen LogP contribution in [0.1, 0.15) is 34.9 Å². The lowest BCUT2D eigenvalue weighted by molar-refractivity contribution is 0.184. The highest BCUT2D eigenvalue weighted by Crippen LogP contribution is 2.30. The Morgan fingerprint density at radius 1 is 1.13 bits per heavy atom. The van der Waals surface area contributed by atoms with E-state index in [-0.39, 0.29) is 0 Å². The molecule has 1 saturated heterocycles. The van der Waals surface area contributed by atoms with E-state index in [0.29, 0.717) is 24.2 Å². The summed E-state index contributed by atoms with van der Waals surface area (Å²) in [5.74, 6) is 2.08. The first kappa shape index (κ1) is 21.7. The third kappa shape index (κ3) is 5.58. The second kappa shape index (κ2) is 10.2. The first-order valence-electron chi connectivity index (χ1n) is 10.4. The summed E-state index contributed by atoms with van der Waals surface area (Å²) in [4.78, 5) is 2.45. The number of rotatable bonds is 9. The lowest BCUT2D eigenvalue weighted by Crippen LogP contribution is -2.20. The Balaban J connectivity index is 1.35. The van der Waals surface area contributed by atoms with E-state index in [1.165, 1.54) is 5.56 Å². The number of halogens is 1. The summed E-state index contributed by atoms with van der Waals surface area (Å²) in [5, 5.41) is 8.32. The summed E-state index contributed by atoms with van der Waals surface area (Å²) in [5.41, 5.74) is 4.40. The molecule has 1 aliphatic heterocycles. The van der Waals surface area contributed by atoms with Crippen LogP contribution in [-0.2, 0) is 24.5 Å². The van der Waals surface area contributed by atoms with Crippen LogP contribution in [0.5, 0.6) is 11.5 Å². The number of benzene rings is 2. The molecule has 0 amide bonds. The monoisotopic (exact) mass is 441 g/mol. The van der Waals surface area contributed by atoms with Crippen molar-refractivity contribution in [3.63, 3.8) is 0 Å². The highest BCUT2D eigenvalue weighted by molar-refractivity contribution is 6.30. The van der Waals surface area contributed by atoms with Gasteiger partial charge >= 0.3 is 0 Å². The number of hydrogen-bond donors (Lipinski definition) is 1.